The van der Waals surface area contributed by atoms with Gasteiger partial charge in [0.05, 0.1) is 13.6 Å². The lowest BCUT2D eigenvalue weighted by atomic mass is 10.0. The lowest BCUT2D eigenvalue weighted by Crippen LogP contribution is -2.32. The normalized spacial score (nSPS) is 11.4. The number of rotatable bonds is 22. The van der Waals surface area contributed by atoms with E-state index in [-0.39, 0.29) is 0 Å². The van der Waals surface area contributed by atoms with Gasteiger partial charge >= 0.3 is 0 Å². The Morgan fingerprint density at radius 3 is 1.43 bits per heavy atom. The molecule has 0 aliphatic carbocycles. The number of aryl methyl sites for hydroxylation is 2. The summed E-state index contributed by atoms with van der Waals surface area (Å²) in [5.74, 6) is 1.52. The highest BCUT2D eigenvalue weighted by Crippen LogP contribution is 2.14. The quantitative estimate of drug-likeness (QED) is 0.131. The van der Waals surface area contributed by atoms with E-state index >= 15 is 0 Å². The van der Waals surface area contributed by atoms with Crippen LogP contribution in [0.25, 0.3) is 0 Å². The van der Waals surface area contributed by atoms with E-state index < -0.39 is 0 Å². The van der Waals surface area contributed by atoms with Gasteiger partial charge in [0.15, 0.2) is 0 Å². The Labute approximate surface area is 189 Å². The number of aromatic nitrogens is 2. The fraction of sp³-hybridized carbons (Fsp3) is 0.893. The second kappa shape index (κ2) is 20.1. The SMILES string of the molecule is CCCCCCCCCCCCCCCCCn1cc[n+](C)c1CCCCCCC. The molecular formula is C28H55N2+. The number of hydrogen-bond acceptors (Lipinski definition) is 0. The lowest BCUT2D eigenvalue weighted by molar-refractivity contribution is -0.678. The van der Waals surface area contributed by atoms with Gasteiger partial charge in [0.2, 0.25) is 0 Å². The van der Waals surface area contributed by atoms with Crippen LogP contribution in [0.2, 0.25) is 0 Å². The fourth-order valence-electron chi connectivity index (χ4n) is 4.62. The van der Waals surface area contributed by atoms with Crippen molar-refractivity contribution in [3.8, 4) is 0 Å². The number of imidazole rings is 1. The Morgan fingerprint density at radius 2 is 0.967 bits per heavy atom. The molecule has 1 rings (SSSR count). The van der Waals surface area contributed by atoms with Crippen molar-refractivity contribution in [2.24, 2.45) is 7.05 Å². The topological polar surface area (TPSA) is 8.81 Å². The number of hydrogen-bond donors (Lipinski definition) is 0. The van der Waals surface area contributed by atoms with Crippen molar-refractivity contribution in [2.75, 3.05) is 0 Å². The Morgan fingerprint density at radius 1 is 0.567 bits per heavy atom. The summed E-state index contributed by atoms with van der Waals surface area (Å²) in [6.07, 6.45) is 34.3. The van der Waals surface area contributed by atoms with Crippen LogP contribution in [0.4, 0.5) is 0 Å². The van der Waals surface area contributed by atoms with Crippen LogP contribution in [0.3, 0.4) is 0 Å². The highest BCUT2D eigenvalue weighted by atomic mass is 15.1. The maximum absolute atomic E-state index is 2.52. The zero-order chi connectivity index (χ0) is 21.7. The van der Waals surface area contributed by atoms with Gasteiger partial charge in [-0.05, 0) is 19.3 Å². The first-order valence-electron chi connectivity index (χ1n) is 13.8. The van der Waals surface area contributed by atoms with E-state index in [9.17, 15) is 0 Å². The Bertz CT molecular complexity index is 477. The third-order valence-electron chi connectivity index (χ3n) is 6.72. The van der Waals surface area contributed by atoms with Crippen LogP contribution in [-0.2, 0) is 20.0 Å². The van der Waals surface area contributed by atoms with E-state index in [4.69, 9.17) is 0 Å². The summed E-state index contributed by atoms with van der Waals surface area (Å²) in [7, 11) is 2.21. The van der Waals surface area contributed by atoms with Crippen molar-refractivity contribution in [1.29, 1.82) is 0 Å². The van der Waals surface area contributed by atoms with E-state index in [0.717, 1.165) is 0 Å². The molecule has 1 aromatic rings. The molecule has 0 radical (unpaired) electrons. The predicted molar refractivity (Wildman–Crippen MR) is 133 cm³/mol. The third kappa shape index (κ3) is 14.3. The molecule has 1 heterocycles. The highest BCUT2D eigenvalue weighted by Gasteiger charge is 2.13. The molecular weight excluding hydrogens is 364 g/mol. The van der Waals surface area contributed by atoms with Crippen molar-refractivity contribution < 1.29 is 4.57 Å². The minimum atomic E-state index is 1.21. The molecule has 0 amide bonds. The minimum absolute atomic E-state index is 1.21. The molecule has 0 aromatic carbocycles. The molecule has 30 heavy (non-hydrogen) atoms. The van der Waals surface area contributed by atoms with E-state index in [0.29, 0.717) is 0 Å². The van der Waals surface area contributed by atoms with Gasteiger partial charge in [-0.3, -0.25) is 0 Å². The zero-order valence-electron chi connectivity index (χ0n) is 21.1. The molecule has 0 atom stereocenters. The molecule has 0 fully saturated rings. The van der Waals surface area contributed by atoms with Gasteiger partial charge < -0.3 is 0 Å². The Hall–Kier alpha value is -0.790. The summed E-state index contributed by atoms with van der Waals surface area (Å²) in [6, 6.07) is 0. The van der Waals surface area contributed by atoms with Gasteiger partial charge in [-0.1, -0.05) is 123 Å². The van der Waals surface area contributed by atoms with Gasteiger partial charge in [-0.15, -0.1) is 0 Å². The summed E-state index contributed by atoms with van der Waals surface area (Å²) in [4.78, 5) is 0. The van der Waals surface area contributed by atoms with E-state index in [2.05, 4.69) is 42.4 Å². The number of unbranched alkanes of at least 4 members (excludes halogenated alkanes) is 18. The van der Waals surface area contributed by atoms with Crippen LogP contribution in [0.15, 0.2) is 12.4 Å². The van der Waals surface area contributed by atoms with Gasteiger partial charge in [0.1, 0.15) is 12.4 Å². The highest BCUT2D eigenvalue weighted by molar-refractivity contribution is 4.84. The molecule has 2 nitrogen and oxygen atoms in total. The van der Waals surface area contributed by atoms with Crippen LogP contribution in [-0.4, -0.2) is 4.57 Å². The standard InChI is InChI=1S/C28H55N2/c1-4-6-8-10-11-12-13-14-15-16-17-18-19-21-23-25-30-27-26-29(3)28(30)24-22-20-9-7-5-2/h26-27H,4-25H2,1-3H3/q+1. The summed E-state index contributed by atoms with van der Waals surface area (Å²) >= 11 is 0. The van der Waals surface area contributed by atoms with Gasteiger partial charge in [-0.25, -0.2) is 9.13 Å². The molecule has 1 aromatic heterocycles. The fourth-order valence-corrected chi connectivity index (χ4v) is 4.62. The van der Waals surface area contributed by atoms with Crippen LogP contribution in [0, 0.1) is 0 Å². The average molecular weight is 420 g/mol. The van der Waals surface area contributed by atoms with Gasteiger partial charge in [0, 0.05) is 6.42 Å². The van der Waals surface area contributed by atoms with Crippen molar-refractivity contribution in [3.63, 3.8) is 0 Å². The first-order valence-corrected chi connectivity index (χ1v) is 13.8. The summed E-state index contributed by atoms with van der Waals surface area (Å²) in [6.45, 7) is 5.81. The molecule has 0 bridgehead atoms. The molecule has 2 heteroatoms. The number of nitrogens with zero attached hydrogens (tertiary/aromatic N) is 2. The predicted octanol–water partition coefficient (Wildman–Crippen LogP) is 8.70. The van der Waals surface area contributed by atoms with Crippen molar-refractivity contribution in [3.05, 3.63) is 18.2 Å². The monoisotopic (exact) mass is 419 g/mol. The Kier molecular flexibility index (Phi) is 18.3. The second-order valence-electron chi connectivity index (χ2n) is 9.63. The second-order valence-corrected chi connectivity index (χ2v) is 9.63. The maximum Gasteiger partial charge on any atom is 0.256 e. The zero-order valence-corrected chi connectivity index (χ0v) is 21.1. The van der Waals surface area contributed by atoms with Crippen LogP contribution in [0.5, 0.6) is 0 Å². The van der Waals surface area contributed by atoms with Crippen LogP contribution < -0.4 is 4.57 Å². The average Bonchev–Trinajstić information content (AvgIpc) is 3.10. The first-order chi connectivity index (χ1) is 14.8. The minimum Gasteiger partial charge on any atom is -0.237 e. The summed E-state index contributed by atoms with van der Waals surface area (Å²) in [5, 5.41) is 0. The molecule has 176 valence electrons. The molecule has 0 saturated carbocycles. The maximum atomic E-state index is 2.52. The molecule has 0 aliphatic heterocycles. The molecule has 0 aliphatic rings. The van der Waals surface area contributed by atoms with Crippen LogP contribution >= 0.6 is 0 Å². The molecule has 0 N–H and O–H groups in total. The van der Waals surface area contributed by atoms with Crippen molar-refractivity contribution >= 4 is 0 Å². The van der Waals surface area contributed by atoms with Crippen LogP contribution in [0.1, 0.15) is 148 Å². The van der Waals surface area contributed by atoms with E-state index in [1.165, 1.54) is 147 Å². The third-order valence-corrected chi connectivity index (χ3v) is 6.72. The molecule has 0 saturated heterocycles. The lowest BCUT2D eigenvalue weighted by Gasteiger charge is -2.05. The first kappa shape index (κ1) is 27.2. The molecule has 0 spiro atoms. The van der Waals surface area contributed by atoms with Gasteiger partial charge in [0.25, 0.3) is 5.82 Å². The van der Waals surface area contributed by atoms with Crippen molar-refractivity contribution in [1.82, 2.24) is 4.57 Å². The smallest absolute Gasteiger partial charge is 0.237 e. The Balaban J connectivity index is 1.93. The summed E-state index contributed by atoms with van der Waals surface area (Å²) in [5.41, 5.74) is 0. The van der Waals surface area contributed by atoms with E-state index in [1.54, 1.807) is 0 Å². The largest absolute Gasteiger partial charge is 0.256 e. The van der Waals surface area contributed by atoms with Gasteiger partial charge in [-0.2, -0.15) is 0 Å². The van der Waals surface area contributed by atoms with Crippen molar-refractivity contribution in [2.45, 2.75) is 155 Å². The molecule has 0 unspecified atom stereocenters. The summed E-state index contributed by atoms with van der Waals surface area (Å²) < 4.78 is 4.85. The van der Waals surface area contributed by atoms with E-state index in [1.807, 2.05) is 0 Å².